The molecule has 12 atom stereocenters. The van der Waals surface area contributed by atoms with Crippen LogP contribution in [-0.4, -0.2) is 187 Å². The molecule has 8 aliphatic rings. The Balaban J connectivity index is 0.000000132. The van der Waals surface area contributed by atoms with Crippen LogP contribution < -0.4 is 26.6 Å². The Morgan fingerprint density at radius 3 is 1.28 bits per heavy atom. The van der Waals surface area contributed by atoms with E-state index in [2.05, 4.69) is 95.0 Å². The zero-order valence-corrected chi connectivity index (χ0v) is 67.1. The highest BCUT2D eigenvalue weighted by molar-refractivity contribution is 7.90. The van der Waals surface area contributed by atoms with E-state index < -0.39 is 27.4 Å². The van der Waals surface area contributed by atoms with Crippen molar-refractivity contribution in [2.45, 2.75) is 180 Å². The number of fused-ring (bicyclic) bond motifs is 16. The fourth-order valence-corrected chi connectivity index (χ4v) is 20.3. The lowest BCUT2D eigenvalue weighted by Gasteiger charge is -2.54. The van der Waals surface area contributed by atoms with Crippen molar-refractivity contribution in [1.82, 2.24) is 40.9 Å². The summed E-state index contributed by atoms with van der Waals surface area (Å²) in [4.78, 5) is 72.6. The molecule has 4 aliphatic carbocycles. The first-order valence-corrected chi connectivity index (χ1v) is 41.6. The molecule has 25 heteroatoms. The van der Waals surface area contributed by atoms with E-state index in [-0.39, 0.29) is 135 Å². The second kappa shape index (κ2) is 33.0. The van der Waals surface area contributed by atoms with Gasteiger partial charge in [0, 0.05) is 82.6 Å². The Morgan fingerprint density at radius 1 is 0.504 bits per heavy atom. The van der Waals surface area contributed by atoms with Crippen LogP contribution in [0.5, 0.6) is 23.0 Å². The van der Waals surface area contributed by atoms with Crippen LogP contribution in [0.15, 0.2) is 166 Å². The molecule has 0 unspecified atom stereocenters. The normalized spacial score (nSPS) is 26.6. The topological polar surface area (TPSA) is 287 Å². The molecular weight excluding hydrogens is 1480 g/mol. The standard InChI is InChI=1S/C24H27F2N3O3.C23H28N2O4S.C21H24N2O3.C20H24N2O2S/c1-24-9-10-29(2)20(11-14-3-5-16(30)13-17(14)24)23(24)28-22(32)8-7-21(31)27-19-6-4-15(25)12-18(19)26;1-23-10-11-25(2)20(13-16-6-7-17(26)14-19(16)23)22(23)24-21(27)12-15-4-8-18(9-5-15)30(3,28)29;1-21-8-9-23(2)18(11-15-4-5-16(24)12-17(15)21)20(21)22-19(25)6-3-14-7-10-26-13-14;1-20-6-7-22(2)17(10-14-3-4-15(23)11-16(14)20)19(20)21-18(24)9-13-5-8-25-12-13/h3-6,12-13,20,23,30H,7-11H2,1-2H3,(H,27,31)(H,28,32);4-9,14,20,22,26H,10-13H2,1-3H3,(H,24,27);3-7,10,12-13,18,20,24H,8-9,11H2,1-2H3,(H,22,25);3-5,8,11-12,17,19,23H,6-7,9-10H2,1-2H3,(H,21,24)/b;;6-3+;/t20-,23+,24-;20-,22+,23-;18-,20+,21-;17-,19+,20-/m1111/s1. The van der Waals surface area contributed by atoms with Crippen molar-refractivity contribution in [1.29, 1.82) is 0 Å². The molecule has 16 rings (SSSR count). The molecule has 5 amide bonds. The molecule has 8 bridgehead atoms. The molecule has 9 N–H and O–H groups in total. The monoisotopic (exact) mass is 1580 g/mol. The lowest BCUT2D eigenvalue weighted by atomic mass is 9.61. The molecule has 4 fully saturated rings. The highest BCUT2D eigenvalue weighted by Crippen LogP contribution is 2.50. The number of benzene rings is 6. The fraction of sp³-hybridized carbons (Fsp3) is 0.420. The van der Waals surface area contributed by atoms with Gasteiger partial charge in [0.25, 0.3) is 0 Å². The summed E-state index contributed by atoms with van der Waals surface area (Å²) in [5, 5.41) is 59.4. The predicted octanol–water partition coefficient (Wildman–Crippen LogP) is 10.5. The summed E-state index contributed by atoms with van der Waals surface area (Å²) in [6.07, 6.45) is 15.1. The second-order valence-electron chi connectivity index (χ2n) is 33.1. The van der Waals surface area contributed by atoms with E-state index in [1.54, 1.807) is 90.6 Å². The van der Waals surface area contributed by atoms with Crippen molar-refractivity contribution in [3.63, 3.8) is 0 Å². The smallest absolute Gasteiger partial charge is 0.244 e. The molecule has 21 nitrogen and oxygen atoms in total. The Morgan fingerprint density at radius 2 is 0.903 bits per heavy atom. The summed E-state index contributed by atoms with van der Waals surface area (Å²) in [7, 11) is 5.15. The van der Waals surface area contributed by atoms with Crippen molar-refractivity contribution in [2.75, 3.05) is 65.9 Å². The number of nitrogens with one attached hydrogen (secondary N) is 5. The minimum atomic E-state index is -3.25. The van der Waals surface area contributed by atoms with Gasteiger partial charge in [-0.2, -0.15) is 11.3 Å². The Kier molecular flexibility index (Phi) is 23.7. The molecule has 0 spiro atoms. The van der Waals surface area contributed by atoms with Crippen molar-refractivity contribution in [3.8, 4) is 23.0 Å². The maximum atomic E-state index is 13.7. The van der Waals surface area contributed by atoms with Crippen LogP contribution in [0.25, 0.3) is 6.08 Å². The van der Waals surface area contributed by atoms with Crippen molar-refractivity contribution in [2.24, 2.45) is 0 Å². The quantitative estimate of drug-likeness (QED) is 0.0431. The number of piperidine rings is 4. The largest absolute Gasteiger partial charge is 0.508 e. The molecule has 598 valence electrons. The van der Waals surface area contributed by atoms with Gasteiger partial charge in [-0.3, -0.25) is 24.0 Å². The third-order valence-corrected chi connectivity index (χ3v) is 27.6. The highest BCUT2D eigenvalue weighted by atomic mass is 32.2. The lowest BCUT2D eigenvalue weighted by molar-refractivity contribution is -0.126. The number of rotatable bonds is 15. The minimum absolute atomic E-state index is 0.00273. The number of phenols is 4. The van der Waals surface area contributed by atoms with Crippen LogP contribution in [-0.2, 0) is 94.0 Å². The molecule has 4 aliphatic heterocycles. The number of carbonyl (C=O) groups is 5. The SMILES string of the molecule is CN1CC[C@]2(C)c3cc(O)ccc3C[C@@H]1[C@@H]2NC(=O)/C=C/c1ccoc1.CN1CC[C@]2(C)c3cc(O)ccc3C[C@@H]1[C@@H]2NC(=O)CCC(=O)Nc1ccc(F)cc1F.CN1CC[C@]2(C)c3cc(O)ccc3C[C@@H]1[C@@H]2NC(=O)Cc1ccc(S(C)(=O)=O)cc1.CN1CC[C@]2(C)c3cc(O)ccc3C[C@@H]1[C@@H]2NC(=O)Cc1ccsc1. The third kappa shape index (κ3) is 17.4. The number of likely N-dealkylation sites (N-methyl/N-ethyl adjacent to an activating group) is 4. The first-order valence-electron chi connectivity index (χ1n) is 38.7. The maximum Gasteiger partial charge on any atom is 0.244 e. The van der Waals surface area contributed by atoms with Gasteiger partial charge in [-0.15, -0.1) is 0 Å². The molecular formula is C88H103F2N9O12S2. The molecule has 6 aromatic carbocycles. The highest BCUT2D eigenvalue weighted by Gasteiger charge is 2.55. The van der Waals surface area contributed by atoms with E-state index in [0.29, 0.717) is 24.3 Å². The number of likely N-dealkylation sites (tertiary alicyclic amines) is 4. The van der Waals surface area contributed by atoms with Crippen LogP contribution in [0.3, 0.4) is 0 Å². The maximum absolute atomic E-state index is 13.7. The number of aromatic hydroxyl groups is 4. The number of halogens is 2. The number of anilines is 1. The van der Waals surface area contributed by atoms with E-state index >= 15 is 0 Å². The van der Waals surface area contributed by atoms with Crippen LogP contribution in [0, 0.1) is 11.6 Å². The predicted molar refractivity (Wildman–Crippen MR) is 432 cm³/mol. The van der Waals surface area contributed by atoms with E-state index in [4.69, 9.17) is 4.42 Å². The molecule has 0 radical (unpaired) electrons. The van der Waals surface area contributed by atoms with Gasteiger partial charge in [0.2, 0.25) is 29.5 Å². The van der Waals surface area contributed by atoms with Gasteiger partial charge in [0.1, 0.15) is 34.6 Å². The Labute approximate surface area is 663 Å². The summed E-state index contributed by atoms with van der Waals surface area (Å²) in [6, 6.07) is 36.2. The van der Waals surface area contributed by atoms with Crippen LogP contribution in [0.2, 0.25) is 0 Å². The first kappa shape index (κ1) is 81.3. The van der Waals surface area contributed by atoms with Crippen molar-refractivity contribution >= 4 is 62.5 Å². The Hall–Kier alpha value is -9.76. The summed E-state index contributed by atoms with van der Waals surface area (Å²) in [6.45, 7) is 12.5. The van der Waals surface area contributed by atoms with E-state index in [9.17, 15) is 61.6 Å². The van der Waals surface area contributed by atoms with E-state index in [1.807, 2.05) is 72.4 Å². The average molecular weight is 1580 g/mol. The van der Waals surface area contributed by atoms with E-state index in [1.165, 1.54) is 34.1 Å². The van der Waals surface area contributed by atoms with Crippen LogP contribution in [0.1, 0.15) is 127 Å². The molecule has 8 aromatic rings. The number of hydrogen-bond donors (Lipinski definition) is 9. The zero-order valence-electron chi connectivity index (χ0n) is 65.4. The van der Waals surface area contributed by atoms with Gasteiger partial charge >= 0.3 is 0 Å². The van der Waals surface area contributed by atoms with Crippen molar-refractivity contribution < 1.29 is 66.0 Å². The van der Waals surface area contributed by atoms with Gasteiger partial charge in [-0.1, -0.05) is 64.1 Å². The van der Waals surface area contributed by atoms with Gasteiger partial charge in [-0.05, 0) is 263 Å². The number of carbonyl (C=O) groups excluding carboxylic acids is 5. The van der Waals surface area contributed by atoms with Crippen LogP contribution in [0.4, 0.5) is 14.5 Å². The number of thiophene rings is 1. The second-order valence-corrected chi connectivity index (χ2v) is 35.9. The summed E-state index contributed by atoms with van der Waals surface area (Å²) >= 11 is 1.62. The van der Waals surface area contributed by atoms with Gasteiger partial charge in [0.15, 0.2) is 9.84 Å². The van der Waals surface area contributed by atoms with Crippen LogP contribution >= 0.6 is 11.3 Å². The summed E-state index contributed by atoms with van der Waals surface area (Å²) < 4.78 is 55.0. The summed E-state index contributed by atoms with van der Waals surface area (Å²) in [5.74, 6) is -1.43. The van der Waals surface area contributed by atoms with E-state index in [0.717, 1.165) is 123 Å². The molecule has 6 heterocycles. The third-order valence-electron chi connectivity index (χ3n) is 25.7. The van der Waals surface area contributed by atoms with Gasteiger partial charge in [0.05, 0.1) is 60.1 Å². The molecule has 2 aromatic heterocycles. The fourth-order valence-electron chi connectivity index (χ4n) is 19.0. The number of nitrogens with zero attached hydrogens (tertiary/aromatic N) is 4. The lowest BCUT2D eigenvalue weighted by Crippen LogP contribution is -2.67. The summed E-state index contributed by atoms with van der Waals surface area (Å²) in [5.41, 5.74) is 11.1. The average Bonchev–Trinajstić information content (AvgIpc) is 0.938. The van der Waals surface area contributed by atoms with Crippen molar-refractivity contribution in [3.05, 3.63) is 230 Å². The number of furan rings is 1. The number of phenolic OH excluding ortho intramolecular Hbond substituents is 4. The number of sulfone groups is 1. The van der Waals surface area contributed by atoms with Gasteiger partial charge < -0.3 is 71.0 Å². The van der Waals surface area contributed by atoms with Gasteiger partial charge in [-0.25, -0.2) is 17.2 Å². The first-order chi connectivity index (χ1) is 53.7. The zero-order chi connectivity index (χ0) is 80.6. The molecule has 4 saturated heterocycles. The molecule has 0 saturated carbocycles. The Bertz CT molecular complexity index is 5010. The number of hydrogen-bond acceptors (Lipinski definition) is 17. The number of amides is 5. The minimum Gasteiger partial charge on any atom is -0.508 e. The molecule has 113 heavy (non-hydrogen) atoms.